The second kappa shape index (κ2) is 5.22. The molecule has 0 aromatic heterocycles. The van der Waals surface area contributed by atoms with Gasteiger partial charge in [-0.05, 0) is 38.6 Å². The van der Waals surface area contributed by atoms with Crippen LogP contribution in [0.3, 0.4) is 0 Å². The summed E-state index contributed by atoms with van der Waals surface area (Å²) in [6.07, 6.45) is 9.17. The van der Waals surface area contributed by atoms with Gasteiger partial charge in [0, 0.05) is 17.0 Å². The van der Waals surface area contributed by atoms with E-state index in [2.05, 4.69) is 30.1 Å². The van der Waals surface area contributed by atoms with Crippen LogP contribution in [0.4, 0.5) is 0 Å². The number of nitrogens with one attached hydrogen (secondary N) is 1. The van der Waals surface area contributed by atoms with Gasteiger partial charge in [0.05, 0.1) is 0 Å². The van der Waals surface area contributed by atoms with Gasteiger partial charge in [0.2, 0.25) is 0 Å². The standard InChI is InChI=1S/C12H21NS/c1-10-8-12(9-14-10)13-7-6-11-4-2-3-5-11/h4,10,12-13H,2-3,5-9H2,1H3. The fourth-order valence-electron chi connectivity index (χ4n) is 2.36. The lowest BCUT2D eigenvalue weighted by Gasteiger charge is -2.11. The molecule has 14 heavy (non-hydrogen) atoms. The van der Waals surface area contributed by atoms with Gasteiger partial charge in [-0.25, -0.2) is 0 Å². The Labute approximate surface area is 91.7 Å². The van der Waals surface area contributed by atoms with Gasteiger partial charge in [-0.2, -0.15) is 11.8 Å². The molecule has 0 spiro atoms. The summed E-state index contributed by atoms with van der Waals surface area (Å²) in [5, 5.41) is 4.55. The van der Waals surface area contributed by atoms with E-state index in [1.54, 1.807) is 5.57 Å². The Morgan fingerprint density at radius 2 is 2.50 bits per heavy atom. The third-order valence-electron chi connectivity index (χ3n) is 3.21. The van der Waals surface area contributed by atoms with E-state index in [1.165, 1.54) is 44.4 Å². The van der Waals surface area contributed by atoms with Crippen molar-refractivity contribution in [2.45, 2.75) is 50.3 Å². The lowest BCUT2D eigenvalue weighted by molar-refractivity contribution is 0.539. The Morgan fingerprint density at radius 1 is 1.57 bits per heavy atom. The van der Waals surface area contributed by atoms with Crippen molar-refractivity contribution in [1.29, 1.82) is 0 Å². The summed E-state index contributed by atoms with van der Waals surface area (Å²) in [7, 11) is 0. The number of rotatable bonds is 4. The Morgan fingerprint density at radius 3 is 3.14 bits per heavy atom. The van der Waals surface area contributed by atoms with E-state index in [9.17, 15) is 0 Å². The summed E-state index contributed by atoms with van der Waals surface area (Å²) < 4.78 is 0. The van der Waals surface area contributed by atoms with Crippen LogP contribution in [0.5, 0.6) is 0 Å². The maximum atomic E-state index is 3.68. The van der Waals surface area contributed by atoms with E-state index in [-0.39, 0.29) is 0 Å². The first-order valence-corrected chi connectivity index (χ1v) is 6.92. The number of allylic oxidation sites excluding steroid dienone is 1. The molecule has 1 saturated heterocycles. The minimum atomic E-state index is 0.789. The van der Waals surface area contributed by atoms with E-state index in [4.69, 9.17) is 0 Å². The molecule has 2 heteroatoms. The van der Waals surface area contributed by atoms with E-state index < -0.39 is 0 Å². The molecule has 2 aliphatic rings. The predicted octanol–water partition coefficient (Wildman–Crippen LogP) is 2.97. The summed E-state index contributed by atoms with van der Waals surface area (Å²) in [5.74, 6) is 1.32. The highest BCUT2D eigenvalue weighted by molar-refractivity contribution is 8.00. The van der Waals surface area contributed by atoms with Gasteiger partial charge in [0.1, 0.15) is 0 Å². The molecule has 0 aromatic rings. The third-order valence-corrected chi connectivity index (χ3v) is 4.57. The van der Waals surface area contributed by atoms with Gasteiger partial charge in [-0.1, -0.05) is 18.6 Å². The number of thioether (sulfide) groups is 1. The highest BCUT2D eigenvalue weighted by Gasteiger charge is 2.20. The zero-order valence-electron chi connectivity index (χ0n) is 9.09. The topological polar surface area (TPSA) is 12.0 Å². The third kappa shape index (κ3) is 3.03. The number of hydrogen-bond acceptors (Lipinski definition) is 2. The predicted molar refractivity (Wildman–Crippen MR) is 64.9 cm³/mol. The molecule has 1 N–H and O–H groups in total. The molecular weight excluding hydrogens is 190 g/mol. The van der Waals surface area contributed by atoms with Crippen LogP contribution in [-0.4, -0.2) is 23.6 Å². The molecule has 1 heterocycles. The molecule has 1 fully saturated rings. The highest BCUT2D eigenvalue weighted by atomic mass is 32.2. The summed E-state index contributed by atoms with van der Waals surface area (Å²) in [4.78, 5) is 0. The van der Waals surface area contributed by atoms with Crippen molar-refractivity contribution in [3.05, 3.63) is 11.6 Å². The van der Waals surface area contributed by atoms with Crippen molar-refractivity contribution in [1.82, 2.24) is 5.32 Å². The second-order valence-electron chi connectivity index (χ2n) is 4.54. The molecule has 0 saturated carbocycles. The normalized spacial score (nSPS) is 32.2. The van der Waals surface area contributed by atoms with Crippen LogP contribution in [-0.2, 0) is 0 Å². The minimum Gasteiger partial charge on any atom is -0.313 e. The molecule has 2 atom stereocenters. The van der Waals surface area contributed by atoms with Crippen molar-refractivity contribution >= 4 is 11.8 Å². The first kappa shape index (κ1) is 10.6. The average molecular weight is 211 g/mol. The lowest BCUT2D eigenvalue weighted by atomic mass is 10.1. The summed E-state index contributed by atoms with van der Waals surface area (Å²) in [5.41, 5.74) is 1.69. The Balaban J connectivity index is 1.58. The van der Waals surface area contributed by atoms with Gasteiger partial charge in [-0.15, -0.1) is 0 Å². The second-order valence-corrected chi connectivity index (χ2v) is 6.01. The SMILES string of the molecule is CC1CC(NCCC2=CCCC2)CS1. The Hall–Kier alpha value is 0.0500. The van der Waals surface area contributed by atoms with Crippen LogP contribution in [0.15, 0.2) is 11.6 Å². The average Bonchev–Trinajstić information content (AvgIpc) is 2.77. The van der Waals surface area contributed by atoms with Crippen LogP contribution in [0.1, 0.15) is 39.0 Å². The van der Waals surface area contributed by atoms with Crippen molar-refractivity contribution < 1.29 is 0 Å². The van der Waals surface area contributed by atoms with Gasteiger partial charge in [-0.3, -0.25) is 0 Å². The van der Waals surface area contributed by atoms with Gasteiger partial charge >= 0.3 is 0 Å². The molecule has 1 aliphatic heterocycles. The fraction of sp³-hybridized carbons (Fsp3) is 0.833. The van der Waals surface area contributed by atoms with E-state index in [0.717, 1.165) is 11.3 Å². The molecule has 0 radical (unpaired) electrons. The molecule has 2 rings (SSSR count). The minimum absolute atomic E-state index is 0.789. The summed E-state index contributed by atoms with van der Waals surface area (Å²) >= 11 is 2.11. The first-order valence-electron chi connectivity index (χ1n) is 5.87. The van der Waals surface area contributed by atoms with Crippen LogP contribution >= 0.6 is 11.8 Å². The van der Waals surface area contributed by atoms with Crippen LogP contribution in [0.2, 0.25) is 0 Å². The van der Waals surface area contributed by atoms with Crippen LogP contribution in [0, 0.1) is 0 Å². The molecule has 1 nitrogen and oxygen atoms in total. The summed E-state index contributed by atoms with van der Waals surface area (Å²) in [6, 6.07) is 0.789. The molecule has 1 aliphatic carbocycles. The zero-order chi connectivity index (χ0) is 9.80. The largest absolute Gasteiger partial charge is 0.313 e. The maximum absolute atomic E-state index is 3.68. The molecular formula is C12H21NS. The van der Waals surface area contributed by atoms with Gasteiger partial charge < -0.3 is 5.32 Å². The molecule has 80 valence electrons. The van der Waals surface area contributed by atoms with Crippen LogP contribution in [0.25, 0.3) is 0 Å². The highest BCUT2D eigenvalue weighted by Crippen LogP contribution is 2.26. The quantitative estimate of drug-likeness (QED) is 0.718. The lowest BCUT2D eigenvalue weighted by Crippen LogP contribution is -2.30. The van der Waals surface area contributed by atoms with Gasteiger partial charge in [0.25, 0.3) is 0 Å². The van der Waals surface area contributed by atoms with E-state index in [1.807, 2.05) is 0 Å². The smallest absolute Gasteiger partial charge is 0.0168 e. The van der Waals surface area contributed by atoms with Crippen molar-refractivity contribution in [2.75, 3.05) is 12.3 Å². The fourth-order valence-corrected chi connectivity index (χ4v) is 3.54. The monoisotopic (exact) mass is 211 g/mol. The molecule has 0 bridgehead atoms. The van der Waals surface area contributed by atoms with E-state index >= 15 is 0 Å². The van der Waals surface area contributed by atoms with Crippen molar-refractivity contribution in [3.63, 3.8) is 0 Å². The maximum Gasteiger partial charge on any atom is 0.0168 e. The zero-order valence-corrected chi connectivity index (χ0v) is 9.91. The van der Waals surface area contributed by atoms with Crippen molar-refractivity contribution in [2.24, 2.45) is 0 Å². The van der Waals surface area contributed by atoms with Gasteiger partial charge in [0.15, 0.2) is 0 Å². The molecule has 2 unspecified atom stereocenters. The van der Waals surface area contributed by atoms with E-state index in [0.29, 0.717) is 0 Å². The molecule has 0 amide bonds. The summed E-state index contributed by atoms with van der Waals surface area (Å²) in [6.45, 7) is 3.54. The molecule has 0 aromatic carbocycles. The Bertz CT molecular complexity index is 212. The number of hydrogen-bond donors (Lipinski definition) is 1. The van der Waals surface area contributed by atoms with Crippen molar-refractivity contribution in [3.8, 4) is 0 Å². The van der Waals surface area contributed by atoms with Crippen LogP contribution < -0.4 is 5.32 Å². The Kier molecular flexibility index (Phi) is 3.94. The first-order chi connectivity index (χ1) is 6.84.